The van der Waals surface area contributed by atoms with Gasteiger partial charge >= 0.3 is 0 Å². The molecule has 0 saturated carbocycles. The molecule has 0 aliphatic heterocycles. The number of nitrogens with zero attached hydrogens (tertiary/aromatic N) is 3. The molecule has 0 fully saturated rings. The number of nitro groups is 1. The van der Waals surface area contributed by atoms with Gasteiger partial charge in [-0.15, -0.1) is 0 Å². The SMILES string of the molecule is CNC(=O)[C@H](Cc1ccccc1)N(Cc1ccccc1)C(=O)CN(c1cccc([N+](=O)[O-])c1)S(C)(=O)=O. The number of hydrogen-bond donors (Lipinski definition) is 1. The van der Waals surface area contributed by atoms with Crippen molar-refractivity contribution < 1.29 is 22.9 Å². The predicted molar refractivity (Wildman–Crippen MR) is 140 cm³/mol. The molecule has 3 rings (SSSR count). The third-order valence-electron chi connectivity index (χ3n) is 5.72. The maximum absolute atomic E-state index is 13.8. The van der Waals surface area contributed by atoms with Gasteiger partial charge in [-0.05, 0) is 17.2 Å². The van der Waals surface area contributed by atoms with E-state index in [1.54, 1.807) is 24.3 Å². The molecule has 37 heavy (non-hydrogen) atoms. The van der Waals surface area contributed by atoms with Gasteiger partial charge in [-0.25, -0.2) is 8.42 Å². The van der Waals surface area contributed by atoms with Gasteiger partial charge in [0, 0.05) is 32.1 Å². The van der Waals surface area contributed by atoms with Crippen LogP contribution in [-0.4, -0.2) is 55.9 Å². The number of anilines is 1. The van der Waals surface area contributed by atoms with Crippen LogP contribution in [0.4, 0.5) is 11.4 Å². The standard InChI is InChI=1S/C26H28N4O6S/c1-27-26(32)24(16-20-10-5-3-6-11-20)28(18-21-12-7-4-8-13-21)25(31)19-29(37(2,35)36)22-14-9-15-23(17-22)30(33)34/h3-15,17,24H,16,18-19H2,1-2H3,(H,27,32)/t24-/m0/s1. The summed E-state index contributed by atoms with van der Waals surface area (Å²) in [5.41, 5.74) is 1.23. The van der Waals surface area contributed by atoms with Gasteiger partial charge in [0.05, 0.1) is 16.9 Å². The largest absolute Gasteiger partial charge is 0.357 e. The van der Waals surface area contributed by atoms with E-state index in [9.17, 15) is 28.1 Å². The number of carbonyl (C=O) groups excluding carboxylic acids is 2. The fourth-order valence-electron chi connectivity index (χ4n) is 3.88. The lowest BCUT2D eigenvalue weighted by atomic mass is 10.0. The van der Waals surface area contributed by atoms with Crippen LogP contribution in [-0.2, 0) is 32.6 Å². The number of nitrogens with one attached hydrogen (secondary N) is 1. The highest BCUT2D eigenvalue weighted by Crippen LogP contribution is 2.24. The van der Waals surface area contributed by atoms with Crippen molar-refractivity contribution in [2.24, 2.45) is 0 Å². The Morgan fingerprint density at radius 3 is 2.08 bits per heavy atom. The summed E-state index contributed by atoms with van der Waals surface area (Å²) in [6, 6.07) is 22.3. The molecule has 11 heteroatoms. The van der Waals surface area contributed by atoms with Crippen molar-refractivity contribution >= 4 is 33.2 Å². The zero-order chi connectivity index (χ0) is 27.0. The number of sulfonamides is 1. The molecular formula is C26H28N4O6S. The number of amides is 2. The van der Waals surface area contributed by atoms with Crippen LogP contribution in [0, 0.1) is 10.1 Å². The van der Waals surface area contributed by atoms with Gasteiger partial charge in [-0.1, -0.05) is 66.7 Å². The fourth-order valence-corrected chi connectivity index (χ4v) is 4.72. The maximum atomic E-state index is 13.8. The molecule has 194 valence electrons. The van der Waals surface area contributed by atoms with Crippen molar-refractivity contribution in [2.45, 2.75) is 19.0 Å². The fraction of sp³-hybridized carbons (Fsp3) is 0.231. The van der Waals surface area contributed by atoms with E-state index in [1.165, 1.54) is 30.1 Å². The molecule has 2 amide bonds. The molecule has 3 aromatic rings. The minimum atomic E-state index is -4.01. The Bertz CT molecular complexity index is 1350. The van der Waals surface area contributed by atoms with Crippen molar-refractivity contribution in [3.8, 4) is 0 Å². The number of likely N-dealkylation sites (N-methyl/N-ethyl adjacent to an activating group) is 1. The summed E-state index contributed by atoms with van der Waals surface area (Å²) in [6.45, 7) is -0.591. The Morgan fingerprint density at radius 2 is 1.54 bits per heavy atom. The summed E-state index contributed by atoms with van der Waals surface area (Å²) in [6.07, 6.45) is 1.12. The van der Waals surface area contributed by atoms with Crippen LogP contribution in [0.25, 0.3) is 0 Å². The van der Waals surface area contributed by atoms with E-state index in [0.29, 0.717) is 0 Å². The monoisotopic (exact) mass is 524 g/mol. The first-order valence-electron chi connectivity index (χ1n) is 11.4. The highest BCUT2D eigenvalue weighted by Gasteiger charge is 2.32. The van der Waals surface area contributed by atoms with Crippen LogP contribution in [0.3, 0.4) is 0 Å². The van der Waals surface area contributed by atoms with Gasteiger partial charge in [0.15, 0.2) is 0 Å². The molecule has 10 nitrogen and oxygen atoms in total. The van der Waals surface area contributed by atoms with Crippen molar-refractivity contribution in [3.63, 3.8) is 0 Å². The summed E-state index contributed by atoms with van der Waals surface area (Å²) in [5, 5.41) is 13.8. The first kappa shape index (κ1) is 27.3. The van der Waals surface area contributed by atoms with E-state index in [-0.39, 0.29) is 24.3 Å². The first-order valence-corrected chi connectivity index (χ1v) is 13.3. The number of hydrogen-bond acceptors (Lipinski definition) is 6. The second kappa shape index (κ2) is 12.1. The number of non-ortho nitro benzene ring substituents is 1. The van der Waals surface area contributed by atoms with Crippen LogP contribution in [0.5, 0.6) is 0 Å². The summed E-state index contributed by atoms with van der Waals surface area (Å²) < 4.78 is 26.2. The first-order chi connectivity index (χ1) is 17.6. The molecule has 0 bridgehead atoms. The van der Waals surface area contributed by atoms with Crippen LogP contribution >= 0.6 is 0 Å². The van der Waals surface area contributed by atoms with Crippen molar-refractivity contribution in [1.82, 2.24) is 10.2 Å². The lowest BCUT2D eigenvalue weighted by Gasteiger charge is -2.33. The Kier molecular flexibility index (Phi) is 8.96. The van der Waals surface area contributed by atoms with Crippen LogP contribution < -0.4 is 9.62 Å². The zero-order valence-electron chi connectivity index (χ0n) is 20.5. The van der Waals surface area contributed by atoms with Crippen molar-refractivity contribution in [1.29, 1.82) is 0 Å². The molecule has 0 aliphatic carbocycles. The average Bonchev–Trinajstić information content (AvgIpc) is 2.89. The van der Waals surface area contributed by atoms with Crippen LogP contribution in [0.2, 0.25) is 0 Å². The molecule has 0 aliphatic rings. The Hall–Kier alpha value is -4.25. The molecule has 1 atom stereocenters. The van der Waals surface area contributed by atoms with Gasteiger partial charge in [-0.3, -0.25) is 24.0 Å². The van der Waals surface area contributed by atoms with Crippen molar-refractivity contribution in [3.05, 3.63) is 106 Å². The third-order valence-corrected chi connectivity index (χ3v) is 6.86. The molecule has 0 aromatic heterocycles. The molecule has 0 radical (unpaired) electrons. The van der Waals surface area contributed by atoms with Gasteiger partial charge in [0.25, 0.3) is 5.69 Å². The lowest BCUT2D eigenvalue weighted by molar-refractivity contribution is -0.384. The Balaban J connectivity index is 2.02. The Labute approximate surface area is 215 Å². The van der Waals surface area contributed by atoms with E-state index in [2.05, 4.69) is 5.32 Å². The topological polar surface area (TPSA) is 130 Å². The molecule has 3 aromatic carbocycles. The van der Waals surface area contributed by atoms with E-state index in [1.807, 2.05) is 36.4 Å². The van der Waals surface area contributed by atoms with E-state index in [0.717, 1.165) is 27.8 Å². The molecule has 0 heterocycles. The van der Waals surface area contributed by atoms with E-state index in [4.69, 9.17) is 0 Å². The zero-order valence-corrected chi connectivity index (χ0v) is 21.3. The molecule has 0 unspecified atom stereocenters. The summed E-state index contributed by atoms with van der Waals surface area (Å²) in [4.78, 5) is 38.7. The normalized spacial score (nSPS) is 11.8. The molecular weight excluding hydrogens is 496 g/mol. The van der Waals surface area contributed by atoms with Gasteiger partial charge < -0.3 is 10.2 Å². The lowest BCUT2D eigenvalue weighted by Crippen LogP contribution is -2.52. The second-order valence-corrected chi connectivity index (χ2v) is 10.3. The number of rotatable bonds is 11. The maximum Gasteiger partial charge on any atom is 0.271 e. The minimum absolute atomic E-state index is 0.0238. The Morgan fingerprint density at radius 1 is 0.946 bits per heavy atom. The summed E-state index contributed by atoms with van der Waals surface area (Å²) >= 11 is 0. The number of nitro benzene ring substituents is 1. The second-order valence-electron chi connectivity index (χ2n) is 8.37. The summed E-state index contributed by atoms with van der Waals surface area (Å²) in [7, 11) is -2.54. The minimum Gasteiger partial charge on any atom is -0.357 e. The number of benzene rings is 3. The molecule has 0 saturated heterocycles. The van der Waals surface area contributed by atoms with Gasteiger partial charge in [0.2, 0.25) is 21.8 Å². The van der Waals surface area contributed by atoms with Gasteiger partial charge in [0.1, 0.15) is 12.6 Å². The highest BCUT2D eigenvalue weighted by atomic mass is 32.2. The third kappa shape index (κ3) is 7.37. The smallest absolute Gasteiger partial charge is 0.271 e. The van der Waals surface area contributed by atoms with Crippen LogP contribution in [0.15, 0.2) is 84.9 Å². The highest BCUT2D eigenvalue weighted by molar-refractivity contribution is 7.92. The van der Waals surface area contributed by atoms with Gasteiger partial charge in [-0.2, -0.15) is 0 Å². The van der Waals surface area contributed by atoms with Crippen LogP contribution in [0.1, 0.15) is 11.1 Å². The van der Waals surface area contributed by atoms with E-state index < -0.39 is 39.3 Å². The van der Waals surface area contributed by atoms with E-state index >= 15 is 0 Å². The summed E-state index contributed by atoms with van der Waals surface area (Å²) in [5.74, 6) is -1.04. The predicted octanol–water partition coefficient (Wildman–Crippen LogP) is 2.75. The average molecular weight is 525 g/mol. The van der Waals surface area contributed by atoms with Crippen molar-refractivity contribution in [2.75, 3.05) is 24.2 Å². The number of carbonyl (C=O) groups is 2. The molecule has 0 spiro atoms. The quantitative estimate of drug-likeness (QED) is 0.303. The molecule has 1 N–H and O–H groups in total.